The zero-order valence-electron chi connectivity index (χ0n) is 15.2. The average Bonchev–Trinajstić information content (AvgIpc) is 3.08. The summed E-state index contributed by atoms with van der Waals surface area (Å²) >= 11 is 0. The number of ether oxygens (including phenoxy) is 2. The third-order valence-corrected chi connectivity index (χ3v) is 4.41. The number of nitrogens with one attached hydrogen (secondary N) is 2. The minimum Gasteiger partial charge on any atom is -0.464 e. The first-order valence-corrected chi connectivity index (χ1v) is 9.01. The van der Waals surface area contributed by atoms with Crippen molar-refractivity contribution in [2.24, 2.45) is 5.92 Å². The first kappa shape index (κ1) is 19.8. The van der Waals surface area contributed by atoms with Crippen molar-refractivity contribution in [2.45, 2.75) is 45.2 Å². The third-order valence-electron chi connectivity index (χ3n) is 4.41. The highest BCUT2D eigenvalue weighted by molar-refractivity contribution is 5.96. The summed E-state index contributed by atoms with van der Waals surface area (Å²) in [5.74, 6) is -0.863. The fourth-order valence-electron chi connectivity index (χ4n) is 3.21. The van der Waals surface area contributed by atoms with Crippen LogP contribution < -0.4 is 10.6 Å². The van der Waals surface area contributed by atoms with E-state index in [4.69, 9.17) is 9.47 Å². The Balaban J connectivity index is 2.02. The zero-order valence-corrected chi connectivity index (χ0v) is 15.2. The maximum Gasteiger partial charge on any atom is 0.407 e. The van der Waals surface area contributed by atoms with Gasteiger partial charge in [-0.1, -0.05) is 18.2 Å². The monoisotopic (exact) mass is 362 g/mol. The highest BCUT2D eigenvalue weighted by atomic mass is 16.5. The second-order valence-corrected chi connectivity index (χ2v) is 6.20. The highest BCUT2D eigenvalue weighted by Gasteiger charge is 2.37. The largest absolute Gasteiger partial charge is 0.464 e. The number of amides is 2. The summed E-state index contributed by atoms with van der Waals surface area (Å²) in [6.07, 6.45) is 1.55. The first-order chi connectivity index (χ1) is 12.5. The maximum absolute atomic E-state index is 12.5. The second kappa shape index (κ2) is 9.79. The molecule has 0 radical (unpaired) electrons. The Morgan fingerprint density at radius 2 is 1.77 bits per heavy atom. The Hall–Kier alpha value is -2.57. The molecule has 0 aliphatic heterocycles. The summed E-state index contributed by atoms with van der Waals surface area (Å²) in [6.45, 7) is 4.02. The number of hydrogen-bond donors (Lipinski definition) is 2. The molecular weight excluding hydrogens is 336 g/mol. The lowest BCUT2D eigenvalue weighted by Crippen LogP contribution is -2.46. The summed E-state index contributed by atoms with van der Waals surface area (Å²) in [4.78, 5) is 36.4. The first-order valence-electron chi connectivity index (χ1n) is 9.01. The van der Waals surface area contributed by atoms with Gasteiger partial charge in [0.25, 0.3) is 5.91 Å². The van der Waals surface area contributed by atoms with Crippen molar-refractivity contribution < 1.29 is 23.9 Å². The van der Waals surface area contributed by atoms with Gasteiger partial charge in [-0.2, -0.15) is 0 Å². The molecule has 0 unspecified atom stereocenters. The van der Waals surface area contributed by atoms with Gasteiger partial charge < -0.3 is 20.1 Å². The molecule has 2 rings (SSSR count). The molecule has 7 heteroatoms. The van der Waals surface area contributed by atoms with Crippen LogP contribution in [0.2, 0.25) is 0 Å². The van der Waals surface area contributed by atoms with Crippen LogP contribution >= 0.6 is 0 Å². The molecule has 1 aromatic carbocycles. The fourth-order valence-corrected chi connectivity index (χ4v) is 3.21. The molecule has 1 fully saturated rings. The predicted molar refractivity (Wildman–Crippen MR) is 95.6 cm³/mol. The molecule has 0 saturated heterocycles. The van der Waals surface area contributed by atoms with E-state index in [1.165, 1.54) is 0 Å². The van der Waals surface area contributed by atoms with Gasteiger partial charge in [-0.05, 0) is 51.2 Å². The number of rotatable bonds is 7. The molecule has 1 aliphatic rings. The van der Waals surface area contributed by atoms with Crippen LogP contribution in [0, 0.1) is 5.92 Å². The fraction of sp³-hybridized carbons (Fsp3) is 0.526. The number of carbonyl (C=O) groups is 3. The van der Waals surface area contributed by atoms with Crippen molar-refractivity contribution in [3.05, 3.63) is 35.9 Å². The van der Waals surface area contributed by atoms with E-state index in [-0.39, 0.29) is 24.5 Å². The quantitative estimate of drug-likeness (QED) is 0.726. The molecule has 142 valence electrons. The van der Waals surface area contributed by atoms with Crippen molar-refractivity contribution in [1.29, 1.82) is 0 Å². The molecule has 0 heterocycles. The van der Waals surface area contributed by atoms with E-state index in [0.29, 0.717) is 25.0 Å². The molecule has 0 spiro atoms. The SMILES string of the molecule is CCOC(=O)N[C@@H]1CC[C@H]([C@@H](NC(=O)c2ccccc2)C(=O)OCC)C1. The summed E-state index contributed by atoms with van der Waals surface area (Å²) in [7, 11) is 0. The van der Waals surface area contributed by atoms with Gasteiger partial charge in [-0.15, -0.1) is 0 Å². The van der Waals surface area contributed by atoms with Gasteiger partial charge in [0, 0.05) is 11.6 Å². The number of hydrogen-bond acceptors (Lipinski definition) is 5. The second-order valence-electron chi connectivity index (χ2n) is 6.20. The minimum atomic E-state index is -0.739. The van der Waals surface area contributed by atoms with Gasteiger partial charge in [0.05, 0.1) is 13.2 Å². The van der Waals surface area contributed by atoms with Gasteiger partial charge in [-0.3, -0.25) is 4.79 Å². The molecule has 1 saturated carbocycles. The van der Waals surface area contributed by atoms with Gasteiger partial charge in [0.15, 0.2) is 0 Å². The van der Waals surface area contributed by atoms with Crippen LogP contribution in [0.5, 0.6) is 0 Å². The van der Waals surface area contributed by atoms with E-state index in [2.05, 4.69) is 10.6 Å². The van der Waals surface area contributed by atoms with Crippen LogP contribution in [0.3, 0.4) is 0 Å². The average molecular weight is 362 g/mol. The van der Waals surface area contributed by atoms with Gasteiger partial charge in [0.2, 0.25) is 0 Å². The lowest BCUT2D eigenvalue weighted by Gasteiger charge is -2.23. The lowest BCUT2D eigenvalue weighted by atomic mass is 9.97. The molecular formula is C19H26N2O5. The van der Waals surface area contributed by atoms with Crippen molar-refractivity contribution in [3.8, 4) is 0 Å². The molecule has 0 aromatic heterocycles. The zero-order chi connectivity index (χ0) is 18.9. The number of carbonyl (C=O) groups excluding carboxylic acids is 3. The molecule has 3 atom stereocenters. The van der Waals surface area contributed by atoms with E-state index in [9.17, 15) is 14.4 Å². The van der Waals surface area contributed by atoms with Crippen molar-refractivity contribution in [3.63, 3.8) is 0 Å². The Labute approximate surface area is 153 Å². The third kappa shape index (κ3) is 5.47. The van der Waals surface area contributed by atoms with Crippen LogP contribution in [0.25, 0.3) is 0 Å². The predicted octanol–water partition coefficient (Wildman–Crippen LogP) is 2.26. The molecule has 2 N–H and O–H groups in total. The van der Waals surface area contributed by atoms with E-state index in [1.807, 2.05) is 6.07 Å². The lowest BCUT2D eigenvalue weighted by molar-refractivity contribution is -0.146. The van der Waals surface area contributed by atoms with Crippen LogP contribution in [0.1, 0.15) is 43.5 Å². The Bertz CT molecular complexity index is 620. The van der Waals surface area contributed by atoms with Crippen LogP contribution in [-0.4, -0.2) is 43.3 Å². The topological polar surface area (TPSA) is 93.7 Å². The van der Waals surface area contributed by atoms with E-state index in [0.717, 1.165) is 6.42 Å². The smallest absolute Gasteiger partial charge is 0.407 e. The standard InChI is InChI=1S/C19H26N2O5/c1-3-25-18(23)16(21-17(22)13-8-6-5-7-9-13)14-10-11-15(12-14)20-19(24)26-4-2/h5-9,14-16H,3-4,10-12H2,1-2H3,(H,20,24)(H,21,22)/t14-,15+,16+/m0/s1. The van der Waals surface area contributed by atoms with Crippen LogP contribution in [0.15, 0.2) is 30.3 Å². The Kier molecular flexibility index (Phi) is 7.44. The highest BCUT2D eigenvalue weighted by Crippen LogP contribution is 2.29. The summed E-state index contributed by atoms with van der Waals surface area (Å²) in [5.41, 5.74) is 0.487. The van der Waals surface area contributed by atoms with Crippen molar-refractivity contribution in [2.75, 3.05) is 13.2 Å². The van der Waals surface area contributed by atoms with Gasteiger partial charge >= 0.3 is 12.1 Å². The van der Waals surface area contributed by atoms with Crippen LogP contribution in [0.4, 0.5) is 4.79 Å². The van der Waals surface area contributed by atoms with E-state index < -0.39 is 18.1 Å². The van der Waals surface area contributed by atoms with Crippen LogP contribution in [-0.2, 0) is 14.3 Å². The molecule has 1 aliphatic carbocycles. The van der Waals surface area contributed by atoms with Crippen molar-refractivity contribution >= 4 is 18.0 Å². The van der Waals surface area contributed by atoms with Gasteiger partial charge in [-0.25, -0.2) is 9.59 Å². The Morgan fingerprint density at radius 3 is 2.42 bits per heavy atom. The maximum atomic E-state index is 12.5. The minimum absolute atomic E-state index is 0.0791. The Morgan fingerprint density at radius 1 is 1.08 bits per heavy atom. The summed E-state index contributed by atoms with van der Waals surface area (Å²) in [5, 5.41) is 5.60. The summed E-state index contributed by atoms with van der Waals surface area (Å²) < 4.78 is 10.0. The normalized spacial score (nSPS) is 20.1. The van der Waals surface area contributed by atoms with Crippen molar-refractivity contribution in [1.82, 2.24) is 10.6 Å². The van der Waals surface area contributed by atoms with Gasteiger partial charge in [0.1, 0.15) is 6.04 Å². The molecule has 2 amide bonds. The van der Waals surface area contributed by atoms with E-state index >= 15 is 0 Å². The number of benzene rings is 1. The molecule has 0 bridgehead atoms. The molecule has 7 nitrogen and oxygen atoms in total. The molecule has 26 heavy (non-hydrogen) atoms. The number of esters is 1. The molecule has 1 aromatic rings. The van der Waals surface area contributed by atoms with E-state index in [1.54, 1.807) is 38.1 Å². The summed E-state index contributed by atoms with van der Waals surface area (Å²) in [6, 6.07) is 7.92. The number of alkyl carbamates (subject to hydrolysis) is 1.